The van der Waals surface area contributed by atoms with E-state index in [9.17, 15) is 13.2 Å². The van der Waals surface area contributed by atoms with Crippen LogP contribution in [-0.4, -0.2) is 48.5 Å². The summed E-state index contributed by atoms with van der Waals surface area (Å²) in [7, 11) is 1.02. The second kappa shape index (κ2) is 11.3. The molecule has 10 heteroatoms. The molecule has 1 amide bonds. The van der Waals surface area contributed by atoms with Crippen molar-refractivity contribution in [3.05, 3.63) is 46.5 Å². The molecule has 0 aromatic heterocycles. The van der Waals surface area contributed by atoms with Gasteiger partial charge in [-0.25, -0.2) is 8.42 Å². The van der Waals surface area contributed by atoms with Crippen LogP contribution in [0.25, 0.3) is 0 Å². The Morgan fingerprint density at radius 3 is 2.34 bits per heavy atom. The van der Waals surface area contributed by atoms with Crippen LogP contribution in [-0.2, 0) is 21.4 Å². The molecule has 0 aliphatic rings. The predicted octanol–water partition coefficient (Wildman–Crippen LogP) is 3.54. The molecule has 2 aromatic rings. The predicted molar refractivity (Wildman–Crippen MR) is 126 cm³/mol. The van der Waals surface area contributed by atoms with Crippen LogP contribution in [0.2, 0.25) is 5.02 Å². The molecule has 0 fully saturated rings. The largest absolute Gasteiger partial charge is 0.493 e. The number of hydrogen-bond acceptors (Lipinski definition) is 6. The van der Waals surface area contributed by atoms with Crippen molar-refractivity contribution >= 4 is 33.2 Å². The van der Waals surface area contributed by atoms with E-state index in [0.717, 1.165) is 11.8 Å². The van der Waals surface area contributed by atoms with E-state index in [1.54, 1.807) is 37.3 Å². The number of rotatable bonds is 11. The van der Waals surface area contributed by atoms with Gasteiger partial charge in [-0.3, -0.25) is 9.10 Å². The molecule has 8 nitrogen and oxygen atoms in total. The van der Waals surface area contributed by atoms with Crippen LogP contribution < -0.4 is 23.8 Å². The van der Waals surface area contributed by atoms with E-state index in [0.29, 0.717) is 39.9 Å². The molecule has 0 unspecified atom stereocenters. The Morgan fingerprint density at radius 2 is 1.75 bits per heavy atom. The van der Waals surface area contributed by atoms with Gasteiger partial charge in [-0.1, -0.05) is 17.7 Å². The summed E-state index contributed by atoms with van der Waals surface area (Å²) in [6.45, 7) is 2.15. The van der Waals surface area contributed by atoms with Crippen molar-refractivity contribution in [1.29, 1.82) is 0 Å². The third kappa shape index (κ3) is 6.20. The van der Waals surface area contributed by atoms with Crippen molar-refractivity contribution in [1.82, 2.24) is 5.32 Å². The Bertz CT molecular complexity index is 1060. The highest BCUT2D eigenvalue weighted by Gasteiger charge is 2.21. The molecule has 0 aliphatic carbocycles. The number of methoxy groups -OCH3 is 3. The molecular formula is C22H29ClN2O6S. The molecule has 176 valence electrons. The summed E-state index contributed by atoms with van der Waals surface area (Å²) < 4.78 is 41.9. The number of halogens is 1. The Kier molecular flexibility index (Phi) is 9.03. The zero-order chi connectivity index (χ0) is 23.9. The van der Waals surface area contributed by atoms with Crippen LogP contribution >= 0.6 is 11.6 Å². The molecule has 1 N–H and O–H groups in total. The molecule has 0 spiro atoms. The SMILES string of the molecule is COc1ccc(CNC(=O)CCCN(c2cccc(Cl)c2C)S(C)(=O)=O)c(OC)c1OC. The lowest BCUT2D eigenvalue weighted by atomic mass is 10.1. The van der Waals surface area contributed by atoms with Crippen LogP contribution in [0.15, 0.2) is 30.3 Å². The highest BCUT2D eigenvalue weighted by Crippen LogP contribution is 2.39. The van der Waals surface area contributed by atoms with Crippen LogP contribution in [0.4, 0.5) is 5.69 Å². The number of amides is 1. The van der Waals surface area contributed by atoms with Crippen molar-refractivity contribution in [2.24, 2.45) is 0 Å². The summed E-state index contributed by atoms with van der Waals surface area (Å²) in [6.07, 6.45) is 1.63. The summed E-state index contributed by atoms with van der Waals surface area (Å²) in [4.78, 5) is 12.4. The minimum atomic E-state index is -3.53. The van der Waals surface area contributed by atoms with Crippen LogP contribution in [0.5, 0.6) is 17.2 Å². The Hall–Kier alpha value is -2.65. The Morgan fingerprint density at radius 1 is 1.06 bits per heavy atom. The van der Waals surface area contributed by atoms with E-state index >= 15 is 0 Å². The van der Waals surface area contributed by atoms with Crippen molar-refractivity contribution in [2.45, 2.75) is 26.3 Å². The van der Waals surface area contributed by atoms with Gasteiger partial charge in [0.2, 0.25) is 21.7 Å². The van der Waals surface area contributed by atoms with Crippen LogP contribution in [0.1, 0.15) is 24.0 Å². The monoisotopic (exact) mass is 484 g/mol. The van der Waals surface area contributed by atoms with Gasteiger partial charge in [0.15, 0.2) is 11.5 Å². The number of nitrogens with one attached hydrogen (secondary N) is 1. The molecule has 0 saturated carbocycles. The fraction of sp³-hybridized carbons (Fsp3) is 0.409. The summed E-state index contributed by atoms with van der Waals surface area (Å²) in [5.41, 5.74) is 1.91. The fourth-order valence-electron chi connectivity index (χ4n) is 3.30. The van der Waals surface area contributed by atoms with E-state index in [4.69, 9.17) is 25.8 Å². The van der Waals surface area contributed by atoms with E-state index in [-0.39, 0.29) is 25.4 Å². The summed E-state index contributed by atoms with van der Waals surface area (Å²) >= 11 is 6.14. The molecule has 0 saturated heterocycles. The van der Waals surface area contributed by atoms with E-state index in [1.807, 2.05) is 0 Å². The van der Waals surface area contributed by atoms with E-state index in [2.05, 4.69) is 5.32 Å². The lowest BCUT2D eigenvalue weighted by Crippen LogP contribution is -2.32. The highest BCUT2D eigenvalue weighted by molar-refractivity contribution is 7.92. The third-order valence-electron chi connectivity index (χ3n) is 4.93. The van der Waals surface area contributed by atoms with Gasteiger partial charge in [-0.2, -0.15) is 0 Å². The smallest absolute Gasteiger partial charge is 0.232 e. The van der Waals surface area contributed by atoms with Gasteiger partial charge in [0.05, 0.1) is 33.3 Å². The number of nitrogens with zero attached hydrogens (tertiary/aromatic N) is 1. The molecule has 0 radical (unpaired) electrons. The van der Waals surface area contributed by atoms with Crippen molar-refractivity contribution in [3.8, 4) is 17.2 Å². The summed E-state index contributed by atoms with van der Waals surface area (Å²) in [5.74, 6) is 1.24. The number of hydrogen-bond donors (Lipinski definition) is 1. The van der Waals surface area contributed by atoms with Gasteiger partial charge in [-0.15, -0.1) is 0 Å². The average Bonchev–Trinajstić information content (AvgIpc) is 2.75. The highest BCUT2D eigenvalue weighted by atomic mass is 35.5. The molecule has 2 aromatic carbocycles. The average molecular weight is 485 g/mol. The maximum atomic E-state index is 12.4. The number of benzene rings is 2. The van der Waals surface area contributed by atoms with Gasteiger partial charge >= 0.3 is 0 Å². The van der Waals surface area contributed by atoms with Crippen LogP contribution in [0.3, 0.4) is 0 Å². The minimum Gasteiger partial charge on any atom is -0.493 e. The van der Waals surface area contributed by atoms with Crippen LogP contribution in [0, 0.1) is 6.92 Å². The number of anilines is 1. The van der Waals surface area contributed by atoms with Gasteiger partial charge in [0.25, 0.3) is 0 Å². The fourth-order valence-corrected chi connectivity index (χ4v) is 4.48. The quantitative estimate of drug-likeness (QED) is 0.524. The molecule has 0 bridgehead atoms. The zero-order valence-electron chi connectivity index (χ0n) is 18.9. The van der Waals surface area contributed by atoms with Crippen molar-refractivity contribution < 1.29 is 27.4 Å². The van der Waals surface area contributed by atoms with Gasteiger partial charge < -0.3 is 19.5 Å². The number of sulfonamides is 1. The second-order valence-electron chi connectivity index (χ2n) is 7.09. The van der Waals surface area contributed by atoms with Gasteiger partial charge in [0.1, 0.15) is 0 Å². The number of ether oxygens (including phenoxy) is 3. The molecule has 0 atom stereocenters. The number of carbonyl (C=O) groups is 1. The molecule has 0 aliphatic heterocycles. The summed E-state index contributed by atoms with van der Waals surface area (Å²) in [6, 6.07) is 8.63. The maximum absolute atomic E-state index is 12.4. The standard InChI is InChI=1S/C22H29ClN2O6S/c1-15-17(23)8-6-9-18(15)25(32(5,27)28)13-7-10-20(26)24-14-16-11-12-19(29-2)22(31-4)21(16)30-3/h6,8-9,11-12H,7,10,13-14H2,1-5H3,(H,24,26). The zero-order valence-corrected chi connectivity index (χ0v) is 20.5. The van der Waals surface area contributed by atoms with E-state index in [1.165, 1.54) is 25.6 Å². The Balaban J connectivity index is 2.02. The topological polar surface area (TPSA) is 94.2 Å². The molecule has 0 heterocycles. The number of carbonyl (C=O) groups excluding carboxylic acids is 1. The molecule has 2 rings (SSSR count). The lowest BCUT2D eigenvalue weighted by molar-refractivity contribution is -0.121. The van der Waals surface area contributed by atoms with Crippen molar-refractivity contribution in [3.63, 3.8) is 0 Å². The first-order chi connectivity index (χ1) is 15.1. The lowest BCUT2D eigenvalue weighted by Gasteiger charge is -2.24. The van der Waals surface area contributed by atoms with Gasteiger partial charge in [-0.05, 0) is 43.2 Å². The second-order valence-corrected chi connectivity index (χ2v) is 9.41. The van der Waals surface area contributed by atoms with Gasteiger partial charge in [0, 0.05) is 30.1 Å². The normalized spacial score (nSPS) is 11.1. The first kappa shape index (κ1) is 25.6. The molecule has 32 heavy (non-hydrogen) atoms. The first-order valence-electron chi connectivity index (χ1n) is 9.91. The van der Waals surface area contributed by atoms with Crippen molar-refractivity contribution in [2.75, 3.05) is 38.4 Å². The van der Waals surface area contributed by atoms with E-state index < -0.39 is 10.0 Å². The molecular weight excluding hydrogens is 456 g/mol. The maximum Gasteiger partial charge on any atom is 0.232 e. The first-order valence-corrected chi connectivity index (χ1v) is 12.1. The summed E-state index contributed by atoms with van der Waals surface area (Å²) in [5, 5.41) is 3.31. The minimum absolute atomic E-state index is 0.154. The Labute approximate surface area is 194 Å². The third-order valence-corrected chi connectivity index (χ3v) is 6.52.